The summed E-state index contributed by atoms with van der Waals surface area (Å²) >= 11 is 0. The maximum Gasteiger partial charge on any atom is 0.123 e. The van der Waals surface area contributed by atoms with Crippen molar-refractivity contribution in [3.05, 3.63) is 0 Å². The summed E-state index contributed by atoms with van der Waals surface area (Å²) in [4.78, 5) is 11.2. The Labute approximate surface area is 106 Å². The van der Waals surface area contributed by atoms with E-state index in [0.29, 0.717) is 11.3 Å². The van der Waals surface area contributed by atoms with E-state index < -0.39 is 0 Å². The third-order valence-electron chi connectivity index (χ3n) is 5.54. The number of hydrogen-bond donors (Lipinski definition) is 0. The minimum absolute atomic E-state index is 0.252. The van der Waals surface area contributed by atoms with Crippen molar-refractivity contribution in [1.29, 1.82) is 0 Å². The van der Waals surface area contributed by atoms with Gasteiger partial charge in [-0.15, -0.1) is 0 Å². The zero-order valence-electron chi connectivity index (χ0n) is 11.9. The van der Waals surface area contributed by atoms with E-state index in [1.807, 2.05) is 0 Å². The molecule has 0 radical (unpaired) electrons. The summed E-state index contributed by atoms with van der Waals surface area (Å²) in [6.07, 6.45) is 8.01. The van der Waals surface area contributed by atoms with E-state index in [2.05, 4.69) is 27.7 Å². The Balaban J connectivity index is 2.25. The molecule has 2 fully saturated rings. The smallest absolute Gasteiger partial charge is 0.123 e. The normalized spacial score (nSPS) is 42.6. The summed E-state index contributed by atoms with van der Waals surface area (Å²) in [7, 11) is 0. The first-order valence-electron chi connectivity index (χ1n) is 7.41. The highest BCUT2D eigenvalue weighted by Crippen LogP contribution is 2.55. The second-order valence-corrected chi connectivity index (χ2v) is 7.40. The monoisotopic (exact) mass is 236 g/mol. The highest BCUT2D eigenvalue weighted by atomic mass is 16.1. The van der Waals surface area contributed by atoms with Gasteiger partial charge in [-0.3, -0.25) is 0 Å². The summed E-state index contributed by atoms with van der Waals surface area (Å²) in [5.41, 5.74) is 0.449. The molecule has 98 valence electrons. The predicted octanol–water partition coefficient (Wildman–Crippen LogP) is 4.31. The molecule has 17 heavy (non-hydrogen) atoms. The standard InChI is InChI=1S/C16H28O/c1-11-8-13-6-5-7-16(3,4)15(13)14(9-11)12(2)10-17/h10-15H,5-9H2,1-4H3. The maximum absolute atomic E-state index is 11.2. The average molecular weight is 236 g/mol. The third kappa shape index (κ3) is 2.44. The minimum Gasteiger partial charge on any atom is -0.303 e. The molecule has 0 aromatic heterocycles. The van der Waals surface area contributed by atoms with E-state index in [9.17, 15) is 4.79 Å². The van der Waals surface area contributed by atoms with Crippen LogP contribution in [0.4, 0.5) is 0 Å². The molecule has 0 spiro atoms. The van der Waals surface area contributed by atoms with Crippen LogP contribution in [-0.4, -0.2) is 6.29 Å². The van der Waals surface area contributed by atoms with Crippen LogP contribution in [-0.2, 0) is 4.79 Å². The van der Waals surface area contributed by atoms with Gasteiger partial charge in [0.2, 0.25) is 0 Å². The zero-order valence-corrected chi connectivity index (χ0v) is 11.9. The highest BCUT2D eigenvalue weighted by Gasteiger charge is 2.47. The molecule has 5 unspecified atom stereocenters. The molecule has 0 aliphatic heterocycles. The van der Waals surface area contributed by atoms with Gasteiger partial charge in [-0.05, 0) is 48.3 Å². The first-order chi connectivity index (χ1) is 7.95. The Kier molecular flexibility index (Phi) is 3.66. The average Bonchev–Trinajstić information content (AvgIpc) is 2.25. The largest absolute Gasteiger partial charge is 0.303 e. The number of rotatable bonds is 2. The molecular weight excluding hydrogens is 208 g/mol. The van der Waals surface area contributed by atoms with Gasteiger partial charge in [0, 0.05) is 5.92 Å². The predicted molar refractivity (Wildman–Crippen MR) is 71.7 cm³/mol. The minimum atomic E-state index is 0.252. The molecule has 0 heterocycles. The Morgan fingerprint density at radius 2 is 2.00 bits per heavy atom. The van der Waals surface area contributed by atoms with E-state index in [4.69, 9.17) is 0 Å². The van der Waals surface area contributed by atoms with Crippen molar-refractivity contribution in [2.24, 2.45) is 35.0 Å². The van der Waals surface area contributed by atoms with Gasteiger partial charge in [0.05, 0.1) is 0 Å². The Bertz CT molecular complexity index is 281. The van der Waals surface area contributed by atoms with Crippen molar-refractivity contribution in [2.45, 2.75) is 59.8 Å². The summed E-state index contributed by atoms with van der Waals surface area (Å²) in [5, 5.41) is 0. The molecule has 1 nitrogen and oxygen atoms in total. The molecule has 0 saturated heterocycles. The molecule has 2 aliphatic carbocycles. The van der Waals surface area contributed by atoms with Gasteiger partial charge in [-0.2, -0.15) is 0 Å². The fourth-order valence-electron chi connectivity index (χ4n) is 4.86. The van der Waals surface area contributed by atoms with Crippen LogP contribution in [0.15, 0.2) is 0 Å². The molecule has 0 amide bonds. The van der Waals surface area contributed by atoms with E-state index in [0.717, 1.165) is 17.8 Å². The summed E-state index contributed by atoms with van der Waals surface area (Å²) in [5.74, 6) is 3.37. The number of carbonyl (C=O) groups is 1. The highest BCUT2D eigenvalue weighted by molar-refractivity contribution is 5.53. The van der Waals surface area contributed by atoms with Crippen LogP contribution in [0.3, 0.4) is 0 Å². The first kappa shape index (κ1) is 13.1. The van der Waals surface area contributed by atoms with Crippen LogP contribution in [0, 0.1) is 35.0 Å². The van der Waals surface area contributed by atoms with Crippen molar-refractivity contribution < 1.29 is 4.79 Å². The molecular formula is C16H28O. The lowest BCUT2D eigenvalue weighted by Gasteiger charge is -2.53. The van der Waals surface area contributed by atoms with Gasteiger partial charge in [-0.1, -0.05) is 40.5 Å². The fraction of sp³-hybridized carbons (Fsp3) is 0.938. The third-order valence-corrected chi connectivity index (χ3v) is 5.54. The molecule has 0 aromatic rings. The van der Waals surface area contributed by atoms with Gasteiger partial charge in [0.15, 0.2) is 0 Å². The molecule has 5 atom stereocenters. The molecule has 0 bridgehead atoms. The number of aldehydes is 1. The lowest BCUT2D eigenvalue weighted by molar-refractivity contribution is -0.117. The van der Waals surface area contributed by atoms with Crippen molar-refractivity contribution in [2.75, 3.05) is 0 Å². The van der Waals surface area contributed by atoms with Crippen LogP contribution in [0.25, 0.3) is 0 Å². The van der Waals surface area contributed by atoms with Crippen LogP contribution in [0.1, 0.15) is 59.8 Å². The fourth-order valence-corrected chi connectivity index (χ4v) is 4.86. The lowest BCUT2D eigenvalue weighted by atomic mass is 9.52. The van der Waals surface area contributed by atoms with Gasteiger partial charge >= 0.3 is 0 Å². The topological polar surface area (TPSA) is 17.1 Å². The maximum atomic E-state index is 11.2. The second kappa shape index (κ2) is 4.74. The Morgan fingerprint density at radius 1 is 1.29 bits per heavy atom. The Hall–Kier alpha value is -0.330. The quantitative estimate of drug-likeness (QED) is 0.653. The van der Waals surface area contributed by atoms with E-state index in [1.54, 1.807) is 0 Å². The molecule has 2 saturated carbocycles. The summed E-state index contributed by atoms with van der Waals surface area (Å²) in [6.45, 7) is 9.38. The summed E-state index contributed by atoms with van der Waals surface area (Å²) < 4.78 is 0. The van der Waals surface area contributed by atoms with E-state index in [1.165, 1.54) is 38.4 Å². The van der Waals surface area contributed by atoms with Crippen LogP contribution < -0.4 is 0 Å². The number of hydrogen-bond acceptors (Lipinski definition) is 1. The van der Waals surface area contributed by atoms with Gasteiger partial charge in [0.1, 0.15) is 6.29 Å². The second-order valence-electron chi connectivity index (χ2n) is 7.40. The molecule has 2 aliphatic rings. The van der Waals surface area contributed by atoms with Crippen LogP contribution in [0.5, 0.6) is 0 Å². The van der Waals surface area contributed by atoms with Crippen LogP contribution >= 0.6 is 0 Å². The lowest BCUT2D eigenvalue weighted by Crippen LogP contribution is -2.46. The first-order valence-corrected chi connectivity index (χ1v) is 7.41. The molecule has 2 rings (SSSR count). The van der Waals surface area contributed by atoms with Gasteiger partial charge in [-0.25, -0.2) is 0 Å². The molecule has 1 heteroatoms. The number of fused-ring (bicyclic) bond motifs is 1. The van der Waals surface area contributed by atoms with Crippen molar-refractivity contribution >= 4 is 6.29 Å². The van der Waals surface area contributed by atoms with Gasteiger partial charge < -0.3 is 4.79 Å². The SMILES string of the molecule is CC1CC2CCCC(C)(C)C2C(C(C)C=O)C1. The molecule has 0 N–H and O–H groups in total. The van der Waals surface area contributed by atoms with E-state index in [-0.39, 0.29) is 5.92 Å². The zero-order chi connectivity index (χ0) is 12.6. The number of carbonyl (C=O) groups excluding carboxylic acids is 1. The van der Waals surface area contributed by atoms with Crippen molar-refractivity contribution in [3.8, 4) is 0 Å². The van der Waals surface area contributed by atoms with Crippen LogP contribution in [0.2, 0.25) is 0 Å². The Morgan fingerprint density at radius 3 is 2.65 bits per heavy atom. The van der Waals surface area contributed by atoms with Crippen molar-refractivity contribution in [1.82, 2.24) is 0 Å². The van der Waals surface area contributed by atoms with Gasteiger partial charge in [0.25, 0.3) is 0 Å². The van der Waals surface area contributed by atoms with Crippen molar-refractivity contribution in [3.63, 3.8) is 0 Å². The summed E-state index contributed by atoms with van der Waals surface area (Å²) in [6, 6.07) is 0. The molecule has 0 aromatic carbocycles. The van der Waals surface area contributed by atoms with E-state index >= 15 is 0 Å².